The lowest BCUT2D eigenvalue weighted by Crippen LogP contribution is -2.30. The van der Waals surface area contributed by atoms with Gasteiger partial charge in [0.05, 0.1) is 0 Å². The summed E-state index contributed by atoms with van der Waals surface area (Å²) in [6, 6.07) is 0. The van der Waals surface area contributed by atoms with Crippen molar-refractivity contribution in [2.24, 2.45) is 0 Å². The number of unbranched alkanes of at least 4 members (excludes halogenated alkanes) is 42. The maximum absolute atomic E-state index is 12.9. The van der Waals surface area contributed by atoms with Gasteiger partial charge in [0.2, 0.25) is 0 Å². The summed E-state index contributed by atoms with van der Waals surface area (Å²) >= 11 is 0. The third-order valence-electron chi connectivity index (χ3n) is 14.8. The Morgan fingerprint density at radius 3 is 0.787 bits per heavy atom. The van der Waals surface area contributed by atoms with Crippen LogP contribution in [0.2, 0.25) is 0 Å². The Morgan fingerprint density at radius 1 is 0.267 bits per heavy atom. The predicted molar refractivity (Wildman–Crippen MR) is 325 cm³/mol. The Bertz CT molecular complexity index is 1300. The van der Waals surface area contributed by atoms with E-state index in [9.17, 15) is 14.4 Å². The molecule has 0 aromatic rings. The molecule has 0 aliphatic rings. The van der Waals surface area contributed by atoms with Gasteiger partial charge in [0, 0.05) is 19.3 Å². The van der Waals surface area contributed by atoms with Crippen LogP contribution in [0.15, 0.2) is 48.6 Å². The number of carbonyl (C=O) groups is 3. The van der Waals surface area contributed by atoms with E-state index in [1.54, 1.807) is 0 Å². The van der Waals surface area contributed by atoms with E-state index < -0.39 is 6.10 Å². The van der Waals surface area contributed by atoms with Crippen molar-refractivity contribution >= 4 is 17.9 Å². The zero-order valence-corrected chi connectivity index (χ0v) is 50.3. The molecular formula is C69H126O6. The summed E-state index contributed by atoms with van der Waals surface area (Å²) in [7, 11) is 0. The van der Waals surface area contributed by atoms with Crippen LogP contribution in [0.3, 0.4) is 0 Å². The summed E-state index contributed by atoms with van der Waals surface area (Å²) in [5.41, 5.74) is 0. The maximum Gasteiger partial charge on any atom is 0.306 e. The van der Waals surface area contributed by atoms with Crippen molar-refractivity contribution in [2.45, 2.75) is 361 Å². The van der Waals surface area contributed by atoms with Crippen LogP contribution < -0.4 is 0 Å². The first-order valence-corrected chi connectivity index (χ1v) is 33.1. The van der Waals surface area contributed by atoms with Crippen molar-refractivity contribution in [1.82, 2.24) is 0 Å². The molecule has 0 aromatic carbocycles. The highest BCUT2D eigenvalue weighted by molar-refractivity contribution is 5.71. The fourth-order valence-corrected chi connectivity index (χ4v) is 9.80. The van der Waals surface area contributed by atoms with Gasteiger partial charge in [-0.15, -0.1) is 0 Å². The second kappa shape index (κ2) is 63.9. The molecule has 6 nitrogen and oxygen atoms in total. The van der Waals surface area contributed by atoms with Gasteiger partial charge in [0.15, 0.2) is 6.10 Å². The normalized spacial score (nSPS) is 12.3. The first-order valence-electron chi connectivity index (χ1n) is 33.1. The number of carbonyl (C=O) groups excluding carboxylic acids is 3. The number of hydrogen-bond donors (Lipinski definition) is 0. The minimum Gasteiger partial charge on any atom is -0.462 e. The summed E-state index contributed by atoms with van der Waals surface area (Å²) < 4.78 is 16.9. The monoisotopic (exact) mass is 1050 g/mol. The predicted octanol–water partition coefficient (Wildman–Crippen LogP) is 22.6. The highest BCUT2D eigenvalue weighted by Gasteiger charge is 2.19. The van der Waals surface area contributed by atoms with E-state index in [2.05, 4.69) is 69.4 Å². The summed E-state index contributed by atoms with van der Waals surface area (Å²) in [5, 5.41) is 0. The molecule has 75 heavy (non-hydrogen) atoms. The lowest BCUT2D eigenvalue weighted by atomic mass is 10.0. The largest absolute Gasteiger partial charge is 0.462 e. The second-order valence-electron chi connectivity index (χ2n) is 22.4. The van der Waals surface area contributed by atoms with Crippen LogP contribution in [0.1, 0.15) is 355 Å². The van der Waals surface area contributed by atoms with Gasteiger partial charge in [-0.3, -0.25) is 14.4 Å². The van der Waals surface area contributed by atoms with Crippen LogP contribution in [-0.4, -0.2) is 37.2 Å². The highest BCUT2D eigenvalue weighted by atomic mass is 16.6. The molecule has 0 saturated heterocycles. The van der Waals surface area contributed by atoms with E-state index in [4.69, 9.17) is 14.2 Å². The number of esters is 3. The van der Waals surface area contributed by atoms with Gasteiger partial charge in [-0.1, -0.05) is 301 Å². The minimum atomic E-state index is -0.774. The molecule has 0 radical (unpaired) electrons. The lowest BCUT2D eigenvalue weighted by molar-refractivity contribution is -0.167. The Balaban J connectivity index is 4.18. The van der Waals surface area contributed by atoms with Crippen LogP contribution >= 0.6 is 0 Å². The molecule has 0 fully saturated rings. The van der Waals surface area contributed by atoms with Crippen LogP contribution in [0.4, 0.5) is 0 Å². The van der Waals surface area contributed by atoms with Crippen molar-refractivity contribution in [2.75, 3.05) is 13.2 Å². The first kappa shape index (κ1) is 72.4. The number of hydrogen-bond acceptors (Lipinski definition) is 6. The molecule has 0 rings (SSSR count). The lowest BCUT2D eigenvalue weighted by Gasteiger charge is -2.18. The fraction of sp³-hybridized carbons (Fsp3) is 0.841. The Morgan fingerprint density at radius 2 is 0.480 bits per heavy atom. The average Bonchev–Trinajstić information content (AvgIpc) is 3.41. The van der Waals surface area contributed by atoms with Crippen molar-refractivity contribution in [1.29, 1.82) is 0 Å². The quantitative estimate of drug-likeness (QED) is 0.0261. The number of ether oxygens (including phenoxy) is 3. The molecule has 0 bridgehead atoms. The standard InChI is InChI=1S/C69H126O6/c1-4-7-10-13-16-19-22-25-27-29-30-31-32-33-34-35-36-37-38-39-40-41-43-44-47-50-53-56-59-62-68(71)74-65-66(64-73-67(70)61-58-55-52-49-46-24-21-18-15-12-9-6-3)75-69(72)63-60-57-54-51-48-45-42-28-26-23-20-17-14-11-8-5-2/h18,21-22,25,29-30,32-33,66H,4-17,19-20,23-24,26-28,31,34-65H2,1-3H3/b21-18-,25-22-,30-29-,33-32-. The van der Waals surface area contributed by atoms with Gasteiger partial charge in [-0.2, -0.15) is 0 Å². The van der Waals surface area contributed by atoms with Crippen molar-refractivity contribution in [3.05, 3.63) is 48.6 Å². The van der Waals surface area contributed by atoms with E-state index in [-0.39, 0.29) is 31.1 Å². The van der Waals surface area contributed by atoms with E-state index in [0.717, 1.165) is 77.0 Å². The van der Waals surface area contributed by atoms with Crippen molar-refractivity contribution in [3.8, 4) is 0 Å². The fourth-order valence-electron chi connectivity index (χ4n) is 9.80. The maximum atomic E-state index is 12.9. The van der Waals surface area contributed by atoms with E-state index in [1.807, 2.05) is 0 Å². The van der Waals surface area contributed by atoms with Gasteiger partial charge in [-0.05, 0) is 83.5 Å². The molecule has 0 spiro atoms. The molecule has 0 N–H and O–H groups in total. The molecule has 0 aliphatic carbocycles. The average molecular weight is 1050 g/mol. The zero-order chi connectivity index (χ0) is 54.3. The summed E-state index contributed by atoms with van der Waals surface area (Å²) in [6.45, 7) is 6.65. The van der Waals surface area contributed by atoms with Gasteiger partial charge >= 0.3 is 17.9 Å². The SMILES string of the molecule is CCCCC/C=C\CCCCCCCC(=O)OCC(COC(=O)CCCCCCCCCCCCCCCC/C=C\C/C=C\C/C=C\CCCCCCC)OC(=O)CCCCCCCCCCCCCCCCCC. The van der Waals surface area contributed by atoms with E-state index in [0.29, 0.717) is 19.3 Å². The minimum absolute atomic E-state index is 0.0717. The van der Waals surface area contributed by atoms with Gasteiger partial charge < -0.3 is 14.2 Å². The Labute approximate surface area is 467 Å². The van der Waals surface area contributed by atoms with Gasteiger partial charge in [-0.25, -0.2) is 0 Å². The van der Waals surface area contributed by atoms with Crippen molar-refractivity contribution in [3.63, 3.8) is 0 Å². The molecule has 0 amide bonds. The molecule has 438 valence electrons. The smallest absolute Gasteiger partial charge is 0.306 e. The zero-order valence-electron chi connectivity index (χ0n) is 50.3. The van der Waals surface area contributed by atoms with Crippen LogP contribution in [0.25, 0.3) is 0 Å². The van der Waals surface area contributed by atoms with Gasteiger partial charge in [0.25, 0.3) is 0 Å². The molecule has 0 aromatic heterocycles. The van der Waals surface area contributed by atoms with Crippen LogP contribution in [-0.2, 0) is 28.6 Å². The molecule has 6 heteroatoms. The molecular weight excluding hydrogens is 925 g/mol. The summed E-state index contributed by atoms with van der Waals surface area (Å²) in [6.07, 6.45) is 79.9. The van der Waals surface area contributed by atoms with Crippen molar-refractivity contribution < 1.29 is 28.6 Å². The van der Waals surface area contributed by atoms with Crippen LogP contribution in [0.5, 0.6) is 0 Å². The highest BCUT2D eigenvalue weighted by Crippen LogP contribution is 2.17. The number of allylic oxidation sites excluding steroid dienone is 8. The Kier molecular flexibility index (Phi) is 61.7. The van der Waals surface area contributed by atoms with Crippen LogP contribution in [0, 0.1) is 0 Å². The summed E-state index contributed by atoms with van der Waals surface area (Å²) in [4.78, 5) is 38.3. The topological polar surface area (TPSA) is 78.9 Å². The third kappa shape index (κ3) is 62.1. The molecule has 1 atom stereocenters. The first-order chi connectivity index (χ1) is 37.0. The molecule has 0 saturated carbocycles. The van der Waals surface area contributed by atoms with Gasteiger partial charge in [0.1, 0.15) is 13.2 Å². The molecule has 0 aliphatic heterocycles. The van der Waals surface area contributed by atoms with E-state index >= 15 is 0 Å². The number of rotatable bonds is 61. The third-order valence-corrected chi connectivity index (χ3v) is 14.8. The Hall–Kier alpha value is -2.63. The summed E-state index contributed by atoms with van der Waals surface area (Å²) in [5.74, 6) is -0.860. The molecule has 0 heterocycles. The molecule has 1 unspecified atom stereocenters. The van der Waals surface area contributed by atoms with E-state index in [1.165, 1.54) is 238 Å². The second-order valence-corrected chi connectivity index (χ2v) is 22.4.